The van der Waals surface area contributed by atoms with E-state index in [1.807, 2.05) is 75.4 Å². The number of carbonyl (C=O) groups is 2. The van der Waals surface area contributed by atoms with Crippen molar-refractivity contribution in [3.63, 3.8) is 0 Å². The van der Waals surface area contributed by atoms with Gasteiger partial charge in [0.25, 0.3) is 10.0 Å². The van der Waals surface area contributed by atoms with Gasteiger partial charge in [-0.25, -0.2) is 8.42 Å². The van der Waals surface area contributed by atoms with E-state index in [4.69, 9.17) is 23.2 Å². The summed E-state index contributed by atoms with van der Waals surface area (Å²) in [6.45, 7) is 5.46. The summed E-state index contributed by atoms with van der Waals surface area (Å²) < 4.78 is 29.2. The Labute approximate surface area is 269 Å². The van der Waals surface area contributed by atoms with Crippen molar-refractivity contribution in [1.82, 2.24) is 10.2 Å². The van der Waals surface area contributed by atoms with E-state index in [9.17, 15) is 18.0 Å². The number of sulfonamides is 1. The quantitative estimate of drug-likeness (QED) is 0.187. The molecule has 0 spiro atoms. The first-order chi connectivity index (χ1) is 21.0. The zero-order chi connectivity index (χ0) is 31.9. The fourth-order valence-electron chi connectivity index (χ4n) is 4.87. The molecule has 0 bridgehead atoms. The Morgan fingerprint density at radius 2 is 1.45 bits per heavy atom. The van der Waals surface area contributed by atoms with Crippen LogP contribution in [0.1, 0.15) is 29.2 Å². The van der Waals surface area contributed by atoms with Crippen molar-refractivity contribution in [2.45, 2.75) is 44.7 Å². The van der Waals surface area contributed by atoms with E-state index in [1.54, 1.807) is 12.1 Å². The average Bonchev–Trinajstić information content (AvgIpc) is 2.98. The van der Waals surface area contributed by atoms with Crippen LogP contribution in [0.4, 0.5) is 5.69 Å². The van der Waals surface area contributed by atoms with Gasteiger partial charge >= 0.3 is 0 Å². The molecule has 4 rings (SSSR count). The molecule has 0 saturated carbocycles. The molecule has 7 nitrogen and oxygen atoms in total. The second-order valence-corrected chi connectivity index (χ2v) is 13.2. The van der Waals surface area contributed by atoms with E-state index >= 15 is 0 Å². The molecule has 1 N–H and O–H groups in total. The number of amides is 2. The van der Waals surface area contributed by atoms with E-state index in [1.165, 1.54) is 35.2 Å². The maximum absolute atomic E-state index is 14.5. The molecular formula is C34H35Cl2N3O4S. The van der Waals surface area contributed by atoms with Gasteiger partial charge < -0.3 is 10.2 Å². The minimum absolute atomic E-state index is 0.00186. The lowest BCUT2D eigenvalue weighted by Crippen LogP contribution is -2.53. The number of nitrogens with one attached hydrogen (secondary N) is 1. The summed E-state index contributed by atoms with van der Waals surface area (Å²) in [5, 5.41) is 3.29. The van der Waals surface area contributed by atoms with Gasteiger partial charge in [-0.2, -0.15) is 0 Å². The molecule has 0 fully saturated rings. The Morgan fingerprint density at radius 1 is 0.841 bits per heavy atom. The minimum atomic E-state index is -4.26. The fraction of sp³-hybridized carbons (Fsp3) is 0.235. The number of carbonyl (C=O) groups excluding carboxylic acids is 2. The Bertz CT molecular complexity index is 1690. The van der Waals surface area contributed by atoms with Gasteiger partial charge in [0.2, 0.25) is 11.8 Å². The maximum Gasteiger partial charge on any atom is 0.264 e. The highest BCUT2D eigenvalue weighted by Gasteiger charge is 2.35. The van der Waals surface area contributed by atoms with Crippen molar-refractivity contribution < 1.29 is 18.0 Å². The molecule has 0 aliphatic carbocycles. The van der Waals surface area contributed by atoms with Crippen molar-refractivity contribution >= 4 is 50.7 Å². The van der Waals surface area contributed by atoms with Gasteiger partial charge in [-0.3, -0.25) is 13.9 Å². The first-order valence-electron chi connectivity index (χ1n) is 14.2. The summed E-state index contributed by atoms with van der Waals surface area (Å²) in [5.41, 5.74) is 3.64. The van der Waals surface area contributed by atoms with E-state index in [0.717, 1.165) is 26.6 Å². The normalized spacial score (nSPS) is 11.9. The number of anilines is 1. The molecule has 230 valence electrons. The molecule has 0 aliphatic heterocycles. The van der Waals surface area contributed by atoms with Gasteiger partial charge in [0, 0.05) is 29.6 Å². The zero-order valence-electron chi connectivity index (χ0n) is 24.8. The van der Waals surface area contributed by atoms with Crippen molar-refractivity contribution in [2.75, 3.05) is 17.4 Å². The minimum Gasteiger partial charge on any atom is -0.355 e. The molecule has 0 aromatic heterocycles. The number of aryl methyl sites for hydroxylation is 2. The van der Waals surface area contributed by atoms with Crippen LogP contribution in [0.25, 0.3) is 0 Å². The second-order valence-electron chi connectivity index (χ2n) is 10.5. The predicted molar refractivity (Wildman–Crippen MR) is 177 cm³/mol. The van der Waals surface area contributed by atoms with E-state index in [2.05, 4.69) is 5.32 Å². The molecule has 0 saturated heterocycles. The second kappa shape index (κ2) is 14.8. The first-order valence-corrected chi connectivity index (χ1v) is 16.4. The van der Waals surface area contributed by atoms with Crippen LogP contribution in [-0.2, 0) is 32.6 Å². The summed E-state index contributed by atoms with van der Waals surface area (Å²) >= 11 is 12.6. The lowest BCUT2D eigenvalue weighted by molar-refractivity contribution is -0.140. The highest BCUT2D eigenvalue weighted by Crippen LogP contribution is 2.30. The van der Waals surface area contributed by atoms with Crippen LogP contribution in [0.5, 0.6) is 0 Å². The zero-order valence-corrected chi connectivity index (χ0v) is 27.2. The highest BCUT2D eigenvalue weighted by molar-refractivity contribution is 7.92. The van der Waals surface area contributed by atoms with Gasteiger partial charge in [-0.15, -0.1) is 0 Å². The van der Waals surface area contributed by atoms with Crippen LogP contribution in [-0.4, -0.2) is 44.3 Å². The smallest absolute Gasteiger partial charge is 0.264 e. The fourth-order valence-corrected chi connectivity index (χ4v) is 6.78. The summed E-state index contributed by atoms with van der Waals surface area (Å²) in [7, 11) is -4.26. The van der Waals surface area contributed by atoms with Crippen molar-refractivity contribution in [1.29, 1.82) is 0 Å². The molecule has 4 aromatic rings. The van der Waals surface area contributed by atoms with E-state index in [-0.39, 0.29) is 39.5 Å². The van der Waals surface area contributed by atoms with Crippen LogP contribution in [0.2, 0.25) is 10.0 Å². The molecule has 2 amide bonds. The lowest BCUT2D eigenvalue weighted by atomic mass is 10.0. The third kappa shape index (κ3) is 8.20. The third-order valence-electron chi connectivity index (χ3n) is 7.25. The summed E-state index contributed by atoms with van der Waals surface area (Å²) in [6, 6.07) is 26.8. The molecule has 4 aromatic carbocycles. The Kier molecular flexibility index (Phi) is 11.1. The highest BCUT2D eigenvalue weighted by atomic mass is 35.5. The first kappa shape index (κ1) is 33.1. The van der Waals surface area contributed by atoms with Gasteiger partial charge in [0.05, 0.1) is 10.6 Å². The van der Waals surface area contributed by atoms with Crippen molar-refractivity contribution in [3.8, 4) is 0 Å². The molecule has 1 atom stereocenters. The van der Waals surface area contributed by atoms with E-state index in [0.29, 0.717) is 6.54 Å². The Morgan fingerprint density at radius 3 is 2.07 bits per heavy atom. The summed E-state index contributed by atoms with van der Waals surface area (Å²) in [6.07, 6.45) is 0.234. The lowest BCUT2D eigenvalue weighted by Gasteiger charge is -2.34. The molecule has 44 heavy (non-hydrogen) atoms. The van der Waals surface area contributed by atoms with Crippen molar-refractivity contribution in [3.05, 3.63) is 129 Å². The van der Waals surface area contributed by atoms with Crippen molar-refractivity contribution in [2.24, 2.45) is 0 Å². The number of rotatable bonds is 12. The topological polar surface area (TPSA) is 86.8 Å². The number of nitrogens with zero attached hydrogens (tertiary/aromatic N) is 2. The van der Waals surface area contributed by atoms with Gasteiger partial charge in [0.15, 0.2) is 0 Å². The van der Waals surface area contributed by atoms with Crippen LogP contribution >= 0.6 is 23.2 Å². The average molecular weight is 653 g/mol. The van der Waals surface area contributed by atoms with Crippen LogP contribution in [0.15, 0.2) is 102 Å². The summed E-state index contributed by atoms with van der Waals surface area (Å²) in [5.74, 6) is -0.899. The van der Waals surface area contributed by atoms with Gasteiger partial charge in [0.1, 0.15) is 12.6 Å². The third-order valence-corrected chi connectivity index (χ3v) is 9.47. The van der Waals surface area contributed by atoms with Crippen LogP contribution < -0.4 is 9.62 Å². The number of likely N-dealkylation sites (N-methyl/N-ethyl adjacent to an activating group) is 1. The van der Waals surface area contributed by atoms with Gasteiger partial charge in [-0.1, -0.05) is 95.5 Å². The standard InChI is InChI=1S/C34H35Cl2N3O4S/c1-4-37-34(41)32(18-26-11-6-5-7-12-26)38(22-27-13-9-8-10-25(27)3)33(40)23-39(30-20-28(35)19-29(36)21-30)44(42,43)31-16-14-24(2)15-17-31/h5-17,19-21,32H,4,18,22-23H2,1-3H3,(H,37,41). The van der Waals surface area contributed by atoms with Crippen LogP contribution in [0, 0.1) is 13.8 Å². The monoisotopic (exact) mass is 651 g/mol. The predicted octanol–water partition coefficient (Wildman–Crippen LogP) is 6.58. The molecule has 0 aliphatic rings. The van der Waals surface area contributed by atoms with Gasteiger partial charge in [-0.05, 0) is 67.8 Å². The molecule has 0 radical (unpaired) electrons. The molecule has 0 heterocycles. The van der Waals surface area contributed by atoms with Crippen LogP contribution in [0.3, 0.4) is 0 Å². The summed E-state index contributed by atoms with van der Waals surface area (Å²) in [4.78, 5) is 29.5. The molecular weight excluding hydrogens is 617 g/mol. The molecule has 10 heteroatoms. The maximum atomic E-state index is 14.5. The Hall–Kier alpha value is -3.85. The Balaban J connectivity index is 1.83. The number of hydrogen-bond donors (Lipinski definition) is 1. The van der Waals surface area contributed by atoms with E-state index < -0.39 is 28.5 Å². The number of benzene rings is 4. The SMILES string of the molecule is CCNC(=O)C(Cc1ccccc1)N(Cc1ccccc1C)C(=O)CN(c1cc(Cl)cc(Cl)c1)S(=O)(=O)c1ccc(C)cc1. The largest absolute Gasteiger partial charge is 0.355 e. The number of halogens is 2. The molecule has 1 unspecified atom stereocenters. The number of hydrogen-bond acceptors (Lipinski definition) is 4.